The molecule has 0 aromatic heterocycles. The van der Waals surface area contributed by atoms with Gasteiger partial charge in [-0.05, 0) is 55.2 Å². The first-order valence-electron chi connectivity index (χ1n) is 10.6. The summed E-state index contributed by atoms with van der Waals surface area (Å²) in [6.45, 7) is 0.676. The number of rotatable bonds is 5. The topological polar surface area (TPSA) is 102 Å². The summed E-state index contributed by atoms with van der Waals surface area (Å²) in [7, 11) is 0. The van der Waals surface area contributed by atoms with E-state index in [2.05, 4.69) is 0 Å². The lowest BCUT2D eigenvalue weighted by molar-refractivity contribution is -0.142. The van der Waals surface area contributed by atoms with Crippen molar-refractivity contribution in [2.75, 3.05) is 4.90 Å². The number of hydrogen-bond donors (Lipinski definition) is 1. The van der Waals surface area contributed by atoms with Crippen molar-refractivity contribution in [3.8, 4) is 6.07 Å². The molecular formula is C25H22FN3O4. The van der Waals surface area contributed by atoms with Crippen molar-refractivity contribution in [1.29, 1.82) is 5.26 Å². The van der Waals surface area contributed by atoms with Crippen molar-refractivity contribution in [2.45, 2.75) is 44.9 Å². The highest BCUT2D eigenvalue weighted by Crippen LogP contribution is 2.44. The van der Waals surface area contributed by atoms with Gasteiger partial charge >= 0.3 is 12.0 Å². The maximum atomic E-state index is 13.8. The Kier molecular flexibility index (Phi) is 5.97. The fourth-order valence-electron chi connectivity index (χ4n) is 4.49. The van der Waals surface area contributed by atoms with E-state index < -0.39 is 30.8 Å². The van der Waals surface area contributed by atoms with Crippen LogP contribution in [0, 0.1) is 11.3 Å². The molecule has 4 rings (SSSR count). The number of alkyl halides is 1. The normalized spacial score (nSPS) is 19.2. The van der Waals surface area contributed by atoms with E-state index in [9.17, 15) is 23.9 Å². The SMILES string of the molecule is CC(C(=O)O)N1C(=O)N(c2cccc(CF)c2)C2=C(C(=O)CCC2)C1c1ccc(C#N)cc1. The van der Waals surface area contributed by atoms with Crippen LogP contribution in [-0.4, -0.2) is 33.8 Å². The number of urea groups is 1. The van der Waals surface area contributed by atoms with E-state index in [1.165, 1.54) is 22.8 Å². The molecule has 2 amide bonds. The number of halogens is 1. The lowest BCUT2D eigenvalue weighted by Crippen LogP contribution is -2.56. The fraction of sp³-hybridized carbons (Fsp3) is 0.280. The predicted molar refractivity (Wildman–Crippen MR) is 118 cm³/mol. The number of allylic oxidation sites excluding steroid dienone is 1. The molecule has 0 radical (unpaired) electrons. The van der Waals surface area contributed by atoms with Crippen molar-refractivity contribution in [2.24, 2.45) is 0 Å². The van der Waals surface area contributed by atoms with E-state index in [1.54, 1.807) is 42.5 Å². The summed E-state index contributed by atoms with van der Waals surface area (Å²) in [5.41, 5.74) is 2.59. The van der Waals surface area contributed by atoms with Crippen LogP contribution in [0.15, 0.2) is 59.8 Å². The molecular weight excluding hydrogens is 425 g/mol. The number of Topliss-reactive ketones (excluding diaryl/α,β-unsaturated/α-hetero) is 1. The minimum atomic E-state index is -1.24. The first-order chi connectivity index (χ1) is 15.9. The van der Waals surface area contributed by atoms with Gasteiger partial charge in [0.05, 0.1) is 23.4 Å². The van der Waals surface area contributed by atoms with Gasteiger partial charge in [0.25, 0.3) is 0 Å². The monoisotopic (exact) mass is 447 g/mol. The summed E-state index contributed by atoms with van der Waals surface area (Å²) in [6.07, 6.45) is 1.29. The molecule has 8 heteroatoms. The second kappa shape index (κ2) is 8.87. The third-order valence-electron chi connectivity index (χ3n) is 6.12. The summed E-state index contributed by atoms with van der Waals surface area (Å²) >= 11 is 0. The van der Waals surface area contributed by atoms with Gasteiger partial charge < -0.3 is 5.11 Å². The lowest BCUT2D eigenvalue weighted by Gasteiger charge is -2.46. The number of carboxylic acid groups (broad SMARTS) is 1. The van der Waals surface area contributed by atoms with E-state index in [-0.39, 0.29) is 12.2 Å². The number of ketones is 1. The Morgan fingerprint density at radius 3 is 2.58 bits per heavy atom. The van der Waals surface area contributed by atoms with Crippen LogP contribution in [0.25, 0.3) is 0 Å². The van der Waals surface area contributed by atoms with Gasteiger partial charge in [0.2, 0.25) is 0 Å². The second-order valence-corrected chi connectivity index (χ2v) is 8.12. The molecule has 2 aromatic carbocycles. The van der Waals surface area contributed by atoms with Crippen molar-refractivity contribution in [1.82, 2.24) is 4.90 Å². The first-order valence-corrected chi connectivity index (χ1v) is 10.6. The number of carbonyl (C=O) groups excluding carboxylic acids is 2. The lowest BCUT2D eigenvalue weighted by atomic mass is 9.82. The highest BCUT2D eigenvalue weighted by Gasteiger charge is 2.47. The number of carboxylic acids is 1. The Labute approximate surface area is 190 Å². The average Bonchev–Trinajstić information content (AvgIpc) is 2.83. The van der Waals surface area contributed by atoms with Crippen LogP contribution < -0.4 is 4.90 Å². The molecule has 1 aliphatic heterocycles. The Hall–Kier alpha value is -3.99. The standard InChI is InChI=1S/C25H22FN3O4/c1-15(24(31)32)28-23(18-10-8-16(14-27)9-11-18)22-20(6-3-7-21(22)30)29(25(28)33)19-5-2-4-17(12-19)13-26/h2,4-5,8-12,15,23H,3,6-7,13H2,1H3,(H,31,32). The average molecular weight is 447 g/mol. The van der Waals surface area contributed by atoms with Crippen LogP contribution in [0.1, 0.15) is 48.9 Å². The molecule has 0 spiro atoms. The van der Waals surface area contributed by atoms with Gasteiger partial charge in [-0.15, -0.1) is 0 Å². The molecule has 1 N–H and O–H groups in total. The van der Waals surface area contributed by atoms with Crippen LogP contribution in [0.2, 0.25) is 0 Å². The summed E-state index contributed by atoms with van der Waals surface area (Å²) in [4.78, 5) is 41.6. The van der Waals surface area contributed by atoms with Crippen molar-refractivity contribution >= 4 is 23.5 Å². The molecule has 168 valence electrons. The minimum Gasteiger partial charge on any atom is -0.480 e. The number of amides is 2. The smallest absolute Gasteiger partial charge is 0.330 e. The van der Waals surface area contributed by atoms with E-state index >= 15 is 0 Å². The highest BCUT2D eigenvalue weighted by atomic mass is 19.1. The van der Waals surface area contributed by atoms with Gasteiger partial charge in [0.1, 0.15) is 12.7 Å². The molecule has 1 heterocycles. The zero-order valence-electron chi connectivity index (χ0n) is 18.0. The zero-order chi connectivity index (χ0) is 23.7. The Bertz CT molecular complexity index is 1200. The van der Waals surface area contributed by atoms with Crippen LogP contribution in [-0.2, 0) is 16.3 Å². The van der Waals surface area contributed by atoms with Gasteiger partial charge in [0.15, 0.2) is 5.78 Å². The molecule has 0 bridgehead atoms. The Morgan fingerprint density at radius 1 is 1.21 bits per heavy atom. The molecule has 0 saturated carbocycles. The number of aliphatic carboxylic acids is 1. The largest absolute Gasteiger partial charge is 0.480 e. The molecule has 33 heavy (non-hydrogen) atoms. The molecule has 0 saturated heterocycles. The van der Waals surface area contributed by atoms with Gasteiger partial charge in [-0.3, -0.25) is 14.6 Å². The summed E-state index contributed by atoms with van der Waals surface area (Å²) in [5, 5.41) is 18.9. The summed E-state index contributed by atoms with van der Waals surface area (Å²) in [6, 6.07) is 12.1. The molecule has 2 atom stereocenters. The quantitative estimate of drug-likeness (QED) is 0.728. The van der Waals surface area contributed by atoms with Crippen LogP contribution >= 0.6 is 0 Å². The number of nitriles is 1. The summed E-state index contributed by atoms with van der Waals surface area (Å²) < 4.78 is 13.3. The minimum absolute atomic E-state index is 0.160. The third-order valence-corrected chi connectivity index (χ3v) is 6.12. The van der Waals surface area contributed by atoms with E-state index in [0.717, 1.165) is 0 Å². The predicted octanol–water partition coefficient (Wildman–Crippen LogP) is 4.49. The maximum Gasteiger partial charge on any atom is 0.330 e. The first kappa shape index (κ1) is 22.2. The molecule has 2 unspecified atom stereocenters. The molecule has 2 aliphatic rings. The van der Waals surface area contributed by atoms with Gasteiger partial charge in [-0.25, -0.2) is 14.0 Å². The fourth-order valence-corrected chi connectivity index (χ4v) is 4.49. The molecule has 7 nitrogen and oxygen atoms in total. The zero-order valence-corrected chi connectivity index (χ0v) is 18.0. The molecule has 0 fully saturated rings. The molecule has 2 aromatic rings. The number of hydrogen-bond acceptors (Lipinski definition) is 4. The Balaban J connectivity index is 1.97. The summed E-state index contributed by atoms with van der Waals surface area (Å²) in [5.74, 6) is -1.38. The van der Waals surface area contributed by atoms with E-state index in [1.807, 2.05) is 6.07 Å². The maximum absolute atomic E-state index is 13.8. The third kappa shape index (κ3) is 3.87. The highest BCUT2D eigenvalue weighted by molar-refractivity contribution is 6.07. The number of benzene rings is 2. The van der Waals surface area contributed by atoms with E-state index in [4.69, 9.17) is 5.26 Å². The van der Waals surface area contributed by atoms with Gasteiger partial charge in [-0.1, -0.05) is 24.3 Å². The van der Waals surface area contributed by atoms with Gasteiger partial charge in [0, 0.05) is 17.7 Å². The number of nitrogens with zero attached hydrogens (tertiary/aromatic N) is 3. The molecule has 1 aliphatic carbocycles. The Morgan fingerprint density at radius 2 is 1.94 bits per heavy atom. The number of carbonyl (C=O) groups is 3. The van der Waals surface area contributed by atoms with Crippen LogP contribution in [0.5, 0.6) is 0 Å². The van der Waals surface area contributed by atoms with Crippen molar-refractivity contribution in [3.63, 3.8) is 0 Å². The second-order valence-electron chi connectivity index (χ2n) is 8.12. The number of anilines is 1. The van der Waals surface area contributed by atoms with E-state index in [0.29, 0.717) is 46.5 Å². The van der Waals surface area contributed by atoms with Crippen LogP contribution in [0.3, 0.4) is 0 Å². The van der Waals surface area contributed by atoms with Crippen molar-refractivity contribution < 1.29 is 23.9 Å². The van der Waals surface area contributed by atoms with Crippen LogP contribution in [0.4, 0.5) is 14.9 Å². The van der Waals surface area contributed by atoms with Crippen molar-refractivity contribution in [3.05, 3.63) is 76.5 Å². The van der Waals surface area contributed by atoms with Gasteiger partial charge in [-0.2, -0.15) is 5.26 Å².